The Kier molecular flexibility index (Phi) is 3.72. The van der Waals surface area contributed by atoms with E-state index in [0.29, 0.717) is 5.69 Å². The van der Waals surface area contributed by atoms with Crippen molar-refractivity contribution in [3.05, 3.63) is 58.1 Å². The smallest absolute Gasteiger partial charge is 0.258 e. The second kappa shape index (κ2) is 5.27. The second-order valence-electron chi connectivity index (χ2n) is 3.75. The van der Waals surface area contributed by atoms with Crippen LogP contribution in [0, 0.1) is 12.7 Å². The van der Waals surface area contributed by atoms with Crippen molar-refractivity contribution in [3.8, 4) is 0 Å². The largest absolute Gasteiger partial charge is 0.320 e. The van der Waals surface area contributed by atoms with Crippen molar-refractivity contribution in [2.24, 2.45) is 0 Å². The lowest BCUT2D eigenvalue weighted by atomic mass is 10.2. The fraction of sp³-hybridized carbons (Fsp3) is 0.0769. The summed E-state index contributed by atoms with van der Waals surface area (Å²) in [5.41, 5.74) is 1.43. The number of pyridine rings is 1. The van der Waals surface area contributed by atoms with Crippen molar-refractivity contribution >= 4 is 27.5 Å². The first-order chi connectivity index (χ1) is 8.59. The zero-order valence-electron chi connectivity index (χ0n) is 9.58. The van der Waals surface area contributed by atoms with Crippen LogP contribution >= 0.6 is 15.9 Å². The third kappa shape index (κ3) is 2.56. The van der Waals surface area contributed by atoms with Crippen molar-refractivity contribution in [2.45, 2.75) is 6.92 Å². The number of hydrogen-bond acceptors (Lipinski definition) is 2. The van der Waals surface area contributed by atoms with Crippen molar-refractivity contribution in [1.29, 1.82) is 0 Å². The van der Waals surface area contributed by atoms with Gasteiger partial charge in [-0.3, -0.25) is 9.78 Å². The van der Waals surface area contributed by atoms with E-state index in [9.17, 15) is 9.18 Å². The second-order valence-corrected chi connectivity index (χ2v) is 4.60. The first kappa shape index (κ1) is 12.7. The van der Waals surface area contributed by atoms with E-state index < -0.39 is 11.7 Å². The van der Waals surface area contributed by atoms with Gasteiger partial charge in [0.25, 0.3) is 5.91 Å². The van der Waals surface area contributed by atoms with Crippen LogP contribution in [0.1, 0.15) is 15.9 Å². The molecule has 1 aromatic heterocycles. The Hall–Kier alpha value is -1.75. The Bertz CT molecular complexity index is 601. The van der Waals surface area contributed by atoms with Gasteiger partial charge in [0, 0.05) is 6.20 Å². The number of aromatic nitrogens is 1. The molecule has 0 atom stereocenters. The van der Waals surface area contributed by atoms with Gasteiger partial charge in [-0.25, -0.2) is 4.39 Å². The fourth-order valence-electron chi connectivity index (χ4n) is 1.46. The first-order valence-electron chi connectivity index (χ1n) is 5.25. The molecule has 2 aromatic rings. The summed E-state index contributed by atoms with van der Waals surface area (Å²) in [6.45, 7) is 1.84. The molecule has 0 spiro atoms. The lowest BCUT2D eigenvalue weighted by molar-refractivity contribution is 0.102. The van der Waals surface area contributed by atoms with Gasteiger partial charge in [0.2, 0.25) is 0 Å². The third-order valence-corrected chi connectivity index (χ3v) is 3.10. The Morgan fingerprint density at radius 3 is 2.89 bits per heavy atom. The molecule has 92 valence electrons. The standard InChI is InChI=1S/C13H10BrFN2O/c1-8-5-6-16-7-11(8)17-13(18)9-3-2-4-10(14)12(9)15/h2-7H,1H3,(H,17,18). The number of aryl methyl sites for hydroxylation is 1. The van der Waals surface area contributed by atoms with E-state index in [4.69, 9.17) is 0 Å². The highest BCUT2D eigenvalue weighted by Gasteiger charge is 2.14. The van der Waals surface area contributed by atoms with Crippen LogP contribution in [-0.4, -0.2) is 10.9 Å². The monoisotopic (exact) mass is 308 g/mol. The molecule has 0 saturated heterocycles. The molecule has 1 aromatic carbocycles. The van der Waals surface area contributed by atoms with Crippen LogP contribution in [0.5, 0.6) is 0 Å². The number of amides is 1. The third-order valence-electron chi connectivity index (χ3n) is 2.48. The quantitative estimate of drug-likeness (QED) is 0.922. The van der Waals surface area contributed by atoms with Gasteiger partial charge in [0.1, 0.15) is 5.82 Å². The van der Waals surface area contributed by atoms with E-state index >= 15 is 0 Å². The Balaban J connectivity index is 2.28. The fourth-order valence-corrected chi connectivity index (χ4v) is 1.83. The molecule has 18 heavy (non-hydrogen) atoms. The summed E-state index contributed by atoms with van der Waals surface area (Å²) in [5.74, 6) is -1.07. The zero-order chi connectivity index (χ0) is 13.1. The number of halogens is 2. The van der Waals surface area contributed by atoms with Gasteiger partial charge in [-0.2, -0.15) is 0 Å². The summed E-state index contributed by atoms with van der Waals surface area (Å²) in [4.78, 5) is 15.9. The average Bonchev–Trinajstić information content (AvgIpc) is 2.35. The average molecular weight is 309 g/mol. The number of benzene rings is 1. The predicted octanol–water partition coefficient (Wildman–Crippen LogP) is 3.54. The van der Waals surface area contributed by atoms with E-state index in [-0.39, 0.29) is 10.0 Å². The van der Waals surface area contributed by atoms with Gasteiger partial charge in [-0.15, -0.1) is 0 Å². The van der Waals surface area contributed by atoms with Gasteiger partial charge < -0.3 is 5.32 Å². The van der Waals surface area contributed by atoms with E-state index in [1.54, 1.807) is 24.4 Å². The highest BCUT2D eigenvalue weighted by atomic mass is 79.9. The maximum Gasteiger partial charge on any atom is 0.258 e. The molecule has 1 heterocycles. The summed E-state index contributed by atoms with van der Waals surface area (Å²) in [7, 11) is 0. The number of anilines is 1. The number of carbonyl (C=O) groups is 1. The van der Waals surface area contributed by atoms with Gasteiger partial charge in [-0.1, -0.05) is 6.07 Å². The van der Waals surface area contributed by atoms with Crippen LogP contribution < -0.4 is 5.32 Å². The Morgan fingerprint density at radius 1 is 1.39 bits per heavy atom. The highest BCUT2D eigenvalue weighted by Crippen LogP contribution is 2.20. The summed E-state index contributed by atoms with van der Waals surface area (Å²) >= 11 is 3.05. The minimum atomic E-state index is -0.573. The van der Waals surface area contributed by atoms with Crippen LogP contribution in [0.15, 0.2) is 41.1 Å². The number of nitrogens with zero attached hydrogens (tertiary/aromatic N) is 1. The minimum absolute atomic E-state index is 0.00683. The van der Waals surface area contributed by atoms with E-state index in [2.05, 4.69) is 26.2 Å². The lowest BCUT2D eigenvalue weighted by Gasteiger charge is -2.08. The summed E-state index contributed by atoms with van der Waals surface area (Å²) in [6, 6.07) is 6.35. The molecule has 0 unspecified atom stereocenters. The number of hydrogen-bond donors (Lipinski definition) is 1. The molecule has 1 amide bonds. The maximum atomic E-state index is 13.7. The molecule has 3 nitrogen and oxygen atoms in total. The summed E-state index contributed by atoms with van der Waals surface area (Å²) in [5, 5.41) is 2.63. The van der Waals surface area contributed by atoms with Gasteiger partial charge in [0.15, 0.2) is 0 Å². The molecule has 0 aliphatic rings. The SMILES string of the molecule is Cc1ccncc1NC(=O)c1cccc(Br)c1F. The van der Waals surface area contributed by atoms with Crippen molar-refractivity contribution in [1.82, 2.24) is 4.98 Å². The molecule has 2 rings (SSSR count). The van der Waals surface area contributed by atoms with E-state index in [1.165, 1.54) is 12.3 Å². The first-order valence-corrected chi connectivity index (χ1v) is 6.05. The maximum absolute atomic E-state index is 13.7. The zero-order valence-corrected chi connectivity index (χ0v) is 11.2. The molecule has 0 bridgehead atoms. The Morgan fingerprint density at radius 2 is 2.17 bits per heavy atom. The number of rotatable bonds is 2. The van der Waals surface area contributed by atoms with Crippen molar-refractivity contribution in [2.75, 3.05) is 5.32 Å². The normalized spacial score (nSPS) is 10.2. The molecule has 0 radical (unpaired) electrons. The molecule has 0 aliphatic heterocycles. The van der Waals surface area contributed by atoms with Crippen LogP contribution in [0.4, 0.5) is 10.1 Å². The lowest BCUT2D eigenvalue weighted by Crippen LogP contribution is -2.14. The van der Waals surface area contributed by atoms with E-state index in [1.807, 2.05) is 6.92 Å². The highest BCUT2D eigenvalue weighted by molar-refractivity contribution is 9.10. The minimum Gasteiger partial charge on any atom is -0.320 e. The predicted molar refractivity (Wildman–Crippen MR) is 71.0 cm³/mol. The molecule has 0 aliphatic carbocycles. The number of carbonyl (C=O) groups excluding carboxylic acids is 1. The number of nitrogens with one attached hydrogen (secondary N) is 1. The Labute approximate surface area is 112 Å². The van der Waals surface area contributed by atoms with Crippen molar-refractivity contribution in [3.63, 3.8) is 0 Å². The molecule has 1 N–H and O–H groups in total. The van der Waals surface area contributed by atoms with Crippen LogP contribution in [0.3, 0.4) is 0 Å². The van der Waals surface area contributed by atoms with Crippen LogP contribution in [-0.2, 0) is 0 Å². The molecular formula is C13H10BrFN2O. The van der Waals surface area contributed by atoms with Crippen LogP contribution in [0.25, 0.3) is 0 Å². The van der Waals surface area contributed by atoms with Gasteiger partial charge in [-0.05, 0) is 46.6 Å². The molecule has 0 fully saturated rings. The molecule has 0 saturated carbocycles. The van der Waals surface area contributed by atoms with Gasteiger partial charge >= 0.3 is 0 Å². The topological polar surface area (TPSA) is 42.0 Å². The molecule has 5 heteroatoms. The van der Waals surface area contributed by atoms with E-state index in [0.717, 1.165) is 5.56 Å². The van der Waals surface area contributed by atoms with Gasteiger partial charge in [0.05, 0.1) is 21.9 Å². The summed E-state index contributed by atoms with van der Waals surface area (Å²) in [6.07, 6.45) is 3.16. The van der Waals surface area contributed by atoms with Crippen LogP contribution in [0.2, 0.25) is 0 Å². The summed E-state index contributed by atoms with van der Waals surface area (Å²) < 4.78 is 14.0. The van der Waals surface area contributed by atoms with Crippen molar-refractivity contribution < 1.29 is 9.18 Å². The molecular weight excluding hydrogens is 299 g/mol.